The molecule has 0 spiro atoms. The zero-order chi connectivity index (χ0) is 14.6. The van der Waals surface area contributed by atoms with Crippen molar-refractivity contribution in [1.82, 2.24) is 4.90 Å². The molecule has 0 N–H and O–H groups in total. The summed E-state index contributed by atoms with van der Waals surface area (Å²) in [4.78, 5) is 25.1. The van der Waals surface area contributed by atoms with E-state index in [9.17, 15) is 9.59 Å². The Morgan fingerprint density at radius 1 is 1.32 bits per heavy atom. The first-order valence-corrected chi connectivity index (χ1v) is 6.83. The van der Waals surface area contributed by atoms with Crippen LogP contribution in [-0.2, 0) is 19.1 Å². The minimum Gasteiger partial charge on any atom is -0.466 e. The molecule has 1 aliphatic rings. The molecular weight excluding hydrogens is 246 g/mol. The fraction of sp³-hybridized carbons (Fsp3) is 0.857. The van der Waals surface area contributed by atoms with Crippen molar-refractivity contribution < 1.29 is 19.1 Å². The van der Waals surface area contributed by atoms with E-state index in [1.807, 2.05) is 27.7 Å². The molecule has 2 unspecified atom stereocenters. The highest BCUT2D eigenvalue weighted by atomic mass is 16.6. The Kier molecular flexibility index (Phi) is 5.35. The van der Waals surface area contributed by atoms with Crippen molar-refractivity contribution in [2.45, 2.75) is 52.7 Å². The monoisotopic (exact) mass is 271 g/mol. The lowest BCUT2D eigenvalue weighted by molar-refractivity contribution is -0.160. The van der Waals surface area contributed by atoms with Crippen LogP contribution in [-0.4, -0.2) is 48.2 Å². The van der Waals surface area contributed by atoms with Gasteiger partial charge in [-0.1, -0.05) is 6.92 Å². The fourth-order valence-corrected chi connectivity index (χ4v) is 2.32. The summed E-state index contributed by atoms with van der Waals surface area (Å²) in [6.45, 7) is 11.0. The largest absolute Gasteiger partial charge is 0.466 e. The van der Waals surface area contributed by atoms with Gasteiger partial charge in [0.1, 0.15) is 11.6 Å². The number of nitrogens with zero attached hydrogens (tertiary/aromatic N) is 1. The molecule has 0 aromatic rings. The number of rotatable bonds is 4. The van der Waals surface area contributed by atoms with Crippen molar-refractivity contribution in [2.75, 3.05) is 19.7 Å². The van der Waals surface area contributed by atoms with Gasteiger partial charge < -0.3 is 9.47 Å². The van der Waals surface area contributed by atoms with E-state index in [-0.39, 0.29) is 23.9 Å². The molecule has 0 bridgehead atoms. The number of esters is 2. The van der Waals surface area contributed by atoms with Gasteiger partial charge in [-0.25, -0.2) is 0 Å². The molecule has 1 rings (SSSR count). The maximum Gasteiger partial charge on any atom is 0.323 e. The van der Waals surface area contributed by atoms with Crippen molar-refractivity contribution >= 4 is 11.9 Å². The first-order valence-electron chi connectivity index (χ1n) is 6.83. The minimum absolute atomic E-state index is 0.181. The molecular formula is C14H25NO4. The van der Waals surface area contributed by atoms with Crippen molar-refractivity contribution in [3.63, 3.8) is 0 Å². The summed E-state index contributed by atoms with van der Waals surface area (Å²) >= 11 is 0. The highest BCUT2D eigenvalue weighted by molar-refractivity contribution is 5.76. The van der Waals surface area contributed by atoms with Gasteiger partial charge in [-0.15, -0.1) is 0 Å². The van der Waals surface area contributed by atoms with Gasteiger partial charge in [-0.2, -0.15) is 0 Å². The second kappa shape index (κ2) is 6.37. The van der Waals surface area contributed by atoms with Crippen molar-refractivity contribution in [3.05, 3.63) is 0 Å². The van der Waals surface area contributed by atoms with Crippen LogP contribution < -0.4 is 0 Å². The first kappa shape index (κ1) is 16.0. The quantitative estimate of drug-likeness (QED) is 0.727. The summed E-state index contributed by atoms with van der Waals surface area (Å²) in [5.41, 5.74) is -0.468. The van der Waals surface area contributed by atoms with Gasteiger partial charge in [0.25, 0.3) is 0 Å². The van der Waals surface area contributed by atoms with Gasteiger partial charge in [0.2, 0.25) is 0 Å². The van der Waals surface area contributed by atoms with Crippen LogP contribution >= 0.6 is 0 Å². The van der Waals surface area contributed by atoms with Gasteiger partial charge in [-0.05, 0) is 33.7 Å². The molecule has 1 heterocycles. The second-order valence-electron chi connectivity index (χ2n) is 6.04. The summed E-state index contributed by atoms with van der Waals surface area (Å²) in [6.07, 6.45) is 0.691. The van der Waals surface area contributed by atoms with Crippen LogP contribution in [0.3, 0.4) is 0 Å². The highest BCUT2D eigenvalue weighted by Gasteiger charge is 2.38. The molecule has 0 aromatic heterocycles. The number of ether oxygens (including phenoxy) is 2. The van der Waals surface area contributed by atoms with Crippen LogP contribution in [0.2, 0.25) is 0 Å². The second-order valence-corrected chi connectivity index (χ2v) is 6.04. The summed E-state index contributed by atoms with van der Waals surface area (Å²) < 4.78 is 10.5. The predicted octanol–water partition coefficient (Wildman–Crippen LogP) is 1.60. The molecule has 0 aromatic carbocycles. The van der Waals surface area contributed by atoms with E-state index >= 15 is 0 Å². The van der Waals surface area contributed by atoms with E-state index in [0.717, 1.165) is 13.1 Å². The summed E-state index contributed by atoms with van der Waals surface area (Å²) in [7, 11) is 0. The third-order valence-electron chi connectivity index (χ3n) is 3.10. The van der Waals surface area contributed by atoms with Gasteiger partial charge in [-0.3, -0.25) is 14.5 Å². The summed E-state index contributed by atoms with van der Waals surface area (Å²) in [6, 6.07) is -0.218. The Labute approximate surface area is 115 Å². The van der Waals surface area contributed by atoms with Crippen molar-refractivity contribution in [1.29, 1.82) is 0 Å². The molecule has 5 nitrogen and oxygen atoms in total. The number of hydrogen-bond donors (Lipinski definition) is 0. The molecule has 2 atom stereocenters. The third-order valence-corrected chi connectivity index (χ3v) is 3.10. The minimum atomic E-state index is -0.468. The van der Waals surface area contributed by atoms with Gasteiger partial charge in [0, 0.05) is 19.4 Å². The number of likely N-dealkylation sites (tertiary alicyclic amines) is 1. The van der Waals surface area contributed by atoms with Crippen LogP contribution in [0.1, 0.15) is 41.0 Å². The third kappa shape index (κ3) is 5.19. The van der Waals surface area contributed by atoms with Crippen LogP contribution in [0.25, 0.3) is 0 Å². The van der Waals surface area contributed by atoms with E-state index in [2.05, 4.69) is 4.90 Å². The highest BCUT2D eigenvalue weighted by Crippen LogP contribution is 2.25. The molecule has 1 saturated heterocycles. The van der Waals surface area contributed by atoms with E-state index in [0.29, 0.717) is 13.0 Å². The lowest BCUT2D eigenvalue weighted by Gasteiger charge is -2.26. The molecule has 0 amide bonds. The first-order chi connectivity index (χ1) is 8.73. The van der Waals surface area contributed by atoms with E-state index in [4.69, 9.17) is 9.47 Å². The Morgan fingerprint density at radius 2 is 1.95 bits per heavy atom. The summed E-state index contributed by atoms with van der Waals surface area (Å²) in [5.74, 6) is -0.246. The lowest BCUT2D eigenvalue weighted by Crippen LogP contribution is -2.40. The number of likely N-dealkylation sites (N-methyl/N-ethyl adjacent to an activating group) is 1. The van der Waals surface area contributed by atoms with Gasteiger partial charge in [0.05, 0.1) is 6.61 Å². The van der Waals surface area contributed by atoms with Crippen molar-refractivity contribution in [3.8, 4) is 0 Å². The SMILES string of the molecule is CCN1CC(COC(C)=O)CC1C(=O)OC(C)(C)C. The normalized spacial score (nSPS) is 24.3. The molecule has 0 aliphatic carbocycles. The molecule has 5 heteroatoms. The predicted molar refractivity (Wildman–Crippen MR) is 71.6 cm³/mol. The maximum atomic E-state index is 12.1. The average molecular weight is 271 g/mol. The average Bonchev–Trinajstić information content (AvgIpc) is 2.67. The Morgan fingerprint density at radius 3 is 2.42 bits per heavy atom. The smallest absolute Gasteiger partial charge is 0.323 e. The standard InChI is InChI=1S/C14H25NO4/c1-6-15-8-11(9-18-10(2)16)7-12(15)13(17)19-14(3,4)5/h11-12H,6-9H2,1-5H3. The van der Waals surface area contributed by atoms with Crippen molar-refractivity contribution in [2.24, 2.45) is 5.92 Å². The van der Waals surface area contributed by atoms with Crippen LogP contribution in [0.5, 0.6) is 0 Å². The van der Waals surface area contributed by atoms with E-state index in [1.165, 1.54) is 6.92 Å². The molecule has 1 fully saturated rings. The number of carbonyl (C=O) groups excluding carboxylic acids is 2. The summed E-state index contributed by atoms with van der Waals surface area (Å²) in [5, 5.41) is 0. The van der Waals surface area contributed by atoms with Crippen LogP contribution in [0.4, 0.5) is 0 Å². The van der Waals surface area contributed by atoms with Gasteiger partial charge >= 0.3 is 11.9 Å². The van der Waals surface area contributed by atoms with E-state index < -0.39 is 5.60 Å². The molecule has 0 saturated carbocycles. The Bertz CT molecular complexity index is 335. The zero-order valence-electron chi connectivity index (χ0n) is 12.6. The van der Waals surface area contributed by atoms with Gasteiger partial charge in [0.15, 0.2) is 0 Å². The van der Waals surface area contributed by atoms with Crippen LogP contribution in [0.15, 0.2) is 0 Å². The lowest BCUT2D eigenvalue weighted by atomic mass is 10.1. The maximum absolute atomic E-state index is 12.1. The fourth-order valence-electron chi connectivity index (χ4n) is 2.32. The number of carbonyl (C=O) groups is 2. The van der Waals surface area contributed by atoms with E-state index in [1.54, 1.807) is 0 Å². The molecule has 19 heavy (non-hydrogen) atoms. The topological polar surface area (TPSA) is 55.8 Å². The van der Waals surface area contributed by atoms with Crippen LogP contribution in [0, 0.1) is 5.92 Å². The number of hydrogen-bond acceptors (Lipinski definition) is 5. The zero-order valence-corrected chi connectivity index (χ0v) is 12.6. The molecule has 0 radical (unpaired) electrons. The molecule has 110 valence electrons. The molecule has 1 aliphatic heterocycles. The Balaban J connectivity index is 2.57. The Hall–Kier alpha value is -1.10.